The first-order valence-electron chi connectivity index (χ1n) is 10.4. The van der Waals surface area contributed by atoms with Crippen molar-refractivity contribution in [2.75, 3.05) is 19.0 Å². The molecule has 3 aromatic carbocycles. The van der Waals surface area contributed by atoms with Crippen LogP contribution in [-0.2, 0) is 11.4 Å². The third-order valence-corrected chi connectivity index (χ3v) is 6.07. The molecule has 1 N–H and O–H groups in total. The minimum atomic E-state index is -0.599. The van der Waals surface area contributed by atoms with Crippen LogP contribution in [0.5, 0.6) is 17.2 Å². The predicted molar refractivity (Wildman–Crippen MR) is 144 cm³/mol. The van der Waals surface area contributed by atoms with Gasteiger partial charge in [-0.1, -0.05) is 39.7 Å². The Labute approximate surface area is 225 Å². The van der Waals surface area contributed by atoms with Gasteiger partial charge >= 0.3 is 0 Å². The zero-order chi connectivity index (χ0) is 25.4. The SMILES string of the molecule is CCOc1cc(/C=C(\C#N)C(=O)Nc2cc(Cl)ccc2OC)cc(Br)c1OCc1ccc(Br)cc1. The standard InChI is InChI=1S/C26H21Br2ClN2O4/c1-3-34-24-12-17(11-21(28)25(24)35-15-16-4-6-19(27)7-5-16)10-18(14-30)26(32)31-22-13-20(29)8-9-23(22)33-2/h4-13H,3,15H2,1-2H3,(H,31,32)/b18-10+. The van der Waals surface area contributed by atoms with Crippen LogP contribution in [0, 0.1) is 11.3 Å². The number of nitrogens with zero attached hydrogens (tertiary/aromatic N) is 1. The second-order valence-corrected chi connectivity index (χ2v) is 9.35. The molecule has 0 bridgehead atoms. The molecule has 0 aliphatic carbocycles. The number of hydrogen-bond acceptors (Lipinski definition) is 5. The summed E-state index contributed by atoms with van der Waals surface area (Å²) in [6.07, 6.45) is 1.47. The number of hydrogen-bond donors (Lipinski definition) is 1. The number of amides is 1. The Hall–Kier alpha value is -2.99. The van der Waals surface area contributed by atoms with Crippen molar-refractivity contribution >= 4 is 61.1 Å². The molecule has 35 heavy (non-hydrogen) atoms. The zero-order valence-electron chi connectivity index (χ0n) is 18.9. The van der Waals surface area contributed by atoms with Crippen LogP contribution >= 0.6 is 43.5 Å². The predicted octanol–water partition coefficient (Wildman–Crippen LogP) is 7.40. The number of benzene rings is 3. The Morgan fingerprint density at radius 1 is 1.09 bits per heavy atom. The first-order chi connectivity index (χ1) is 16.8. The normalized spacial score (nSPS) is 10.9. The maximum atomic E-state index is 12.8. The van der Waals surface area contributed by atoms with Crippen LogP contribution in [0.2, 0.25) is 5.02 Å². The van der Waals surface area contributed by atoms with Crippen LogP contribution in [0.3, 0.4) is 0 Å². The number of carbonyl (C=O) groups is 1. The molecule has 0 unspecified atom stereocenters. The molecule has 0 aliphatic rings. The van der Waals surface area contributed by atoms with E-state index in [2.05, 4.69) is 37.2 Å². The lowest BCUT2D eigenvalue weighted by Crippen LogP contribution is -2.14. The molecule has 0 fully saturated rings. The van der Waals surface area contributed by atoms with Crippen molar-refractivity contribution in [2.45, 2.75) is 13.5 Å². The van der Waals surface area contributed by atoms with Gasteiger partial charge in [-0.2, -0.15) is 5.26 Å². The molecule has 0 saturated carbocycles. The van der Waals surface area contributed by atoms with E-state index in [1.165, 1.54) is 13.2 Å². The van der Waals surface area contributed by atoms with Crippen molar-refractivity contribution in [2.24, 2.45) is 0 Å². The summed E-state index contributed by atoms with van der Waals surface area (Å²) >= 11 is 13.0. The zero-order valence-corrected chi connectivity index (χ0v) is 22.8. The van der Waals surface area contributed by atoms with E-state index in [-0.39, 0.29) is 5.57 Å². The van der Waals surface area contributed by atoms with Crippen molar-refractivity contribution in [3.63, 3.8) is 0 Å². The number of anilines is 1. The van der Waals surface area contributed by atoms with Crippen molar-refractivity contribution in [3.8, 4) is 23.3 Å². The molecule has 0 spiro atoms. The molecule has 1 amide bonds. The summed E-state index contributed by atoms with van der Waals surface area (Å²) in [6.45, 7) is 2.62. The average Bonchev–Trinajstić information content (AvgIpc) is 2.83. The van der Waals surface area contributed by atoms with E-state index in [0.717, 1.165) is 10.0 Å². The van der Waals surface area contributed by atoms with E-state index >= 15 is 0 Å². The van der Waals surface area contributed by atoms with E-state index < -0.39 is 5.91 Å². The van der Waals surface area contributed by atoms with E-state index in [9.17, 15) is 10.1 Å². The second-order valence-electron chi connectivity index (χ2n) is 7.15. The van der Waals surface area contributed by atoms with Crippen molar-refractivity contribution in [3.05, 3.63) is 85.3 Å². The molecule has 0 aromatic heterocycles. The molecule has 9 heteroatoms. The van der Waals surface area contributed by atoms with E-state index in [0.29, 0.717) is 51.2 Å². The van der Waals surface area contributed by atoms with Crippen molar-refractivity contribution in [1.29, 1.82) is 5.26 Å². The molecular formula is C26H21Br2ClN2O4. The van der Waals surface area contributed by atoms with E-state index in [1.807, 2.05) is 37.3 Å². The highest BCUT2D eigenvalue weighted by molar-refractivity contribution is 9.10. The van der Waals surface area contributed by atoms with Gasteiger partial charge in [0.15, 0.2) is 11.5 Å². The number of ether oxygens (including phenoxy) is 3. The lowest BCUT2D eigenvalue weighted by molar-refractivity contribution is -0.112. The summed E-state index contributed by atoms with van der Waals surface area (Å²) in [5.74, 6) is 0.837. The number of rotatable bonds is 9. The van der Waals surface area contributed by atoms with Gasteiger partial charge in [-0.05, 0) is 82.5 Å². The fourth-order valence-corrected chi connectivity index (χ4v) is 4.10. The molecule has 6 nitrogen and oxygen atoms in total. The quantitative estimate of drug-likeness (QED) is 0.199. The number of methoxy groups -OCH3 is 1. The van der Waals surface area contributed by atoms with Gasteiger partial charge in [0, 0.05) is 9.50 Å². The first-order valence-corrected chi connectivity index (χ1v) is 12.4. The Bertz CT molecular complexity index is 1290. The molecule has 0 radical (unpaired) electrons. The summed E-state index contributed by atoms with van der Waals surface area (Å²) in [7, 11) is 1.48. The van der Waals surface area contributed by atoms with Crippen LogP contribution in [0.4, 0.5) is 5.69 Å². The summed E-state index contributed by atoms with van der Waals surface area (Å²) in [6, 6.07) is 18.0. The topological polar surface area (TPSA) is 80.6 Å². The smallest absolute Gasteiger partial charge is 0.266 e. The first kappa shape index (κ1) is 26.6. The molecule has 0 saturated heterocycles. The highest BCUT2D eigenvalue weighted by atomic mass is 79.9. The monoisotopic (exact) mass is 618 g/mol. The summed E-state index contributed by atoms with van der Waals surface area (Å²) < 4.78 is 18.7. The lowest BCUT2D eigenvalue weighted by atomic mass is 10.1. The van der Waals surface area contributed by atoms with Gasteiger partial charge < -0.3 is 19.5 Å². The minimum absolute atomic E-state index is 0.107. The van der Waals surface area contributed by atoms with Gasteiger partial charge in [-0.25, -0.2) is 0 Å². The second kappa shape index (κ2) is 12.6. The molecule has 0 aliphatic heterocycles. The van der Waals surface area contributed by atoms with Crippen molar-refractivity contribution in [1.82, 2.24) is 0 Å². The van der Waals surface area contributed by atoms with Crippen LogP contribution < -0.4 is 19.5 Å². The summed E-state index contributed by atoms with van der Waals surface area (Å²) in [4.78, 5) is 12.8. The van der Waals surface area contributed by atoms with Crippen LogP contribution in [0.1, 0.15) is 18.1 Å². The third kappa shape index (κ3) is 7.25. The molecule has 0 heterocycles. The van der Waals surface area contributed by atoms with Gasteiger partial charge in [-0.15, -0.1) is 0 Å². The minimum Gasteiger partial charge on any atom is -0.495 e. The maximum absolute atomic E-state index is 12.8. The number of nitriles is 1. The molecule has 3 aromatic rings. The fourth-order valence-electron chi connectivity index (χ4n) is 3.09. The number of halogens is 3. The van der Waals surface area contributed by atoms with Gasteiger partial charge in [0.1, 0.15) is 24.0 Å². The van der Waals surface area contributed by atoms with Gasteiger partial charge in [0.2, 0.25) is 0 Å². The Morgan fingerprint density at radius 2 is 1.83 bits per heavy atom. The largest absolute Gasteiger partial charge is 0.495 e. The molecular weight excluding hydrogens is 600 g/mol. The van der Waals surface area contributed by atoms with Gasteiger partial charge in [0.05, 0.1) is 23.9 Å². The molecule has 0 atom stereocenters. The maximum Gasteiger partial charge on any atom is 0.266 e. The fraction of sp³-hybridized carbons (Fsp3) is 0.154. The lowest BCUT2D eigenvalue weighted by Gasteiger charge is -2.15. The Kier molecular flexibility index (Phi) is 9.61. The van der Waals surface area contributed by atoms with Crippen LogP contribution in [-0.4, -0.2) is 19.6 Å². The third-order valence-electron chi connectivity index (χ3n) is 4.71. The Balaban J connectivity index is 1.86. The van der Waals surface area contributed by atoms with Gasteiger partial charge in [0.25, 0.3) is 5.91 Å². The summed E-state index contributed by atoms with van der Waals surface area (Å²) in [5.41, 5.74) is 1.83. The highest BCUT2D eigenvalue weighted by Crippen LogP contribution is 2.38. The highest BCUT2D eigenvalue weighted by Gasteiger charge is 2.16. The van der Waals surface area contributed by atoms with Gasteiger partial charge in [-0.3, -0.25) is 4.79 Å². The van der Waals surface area contributed by atoms with Crippen LogP contribution in [0.15, 0.2) is 69.1 Å². The number of nitrogens with one attached hydrogen (secondary N) is 1. The van der Waals surface area contributed by atoms with Crippen LogP contribution in [0.25, 0.3) is 6.08 Å². The van der Waals surface area contributed by atoms with Crippen molar-refractivity contribution < 1.29 is 19.0 Å². The van der Waals surface area contributed by atoms with E-state index in [4.69, 9.17) is 25.8 Å². The summed E-state index contributed by atoms with van der Waals surface area (Å²) in [5, 5.41) is 12.7. The molecule has 3 rings (SSSR count). The Morgan fingerprint density at radius 3 is 2.49 bits per heavy atom. The number of carbonyl (C=O) groups excluding carboxylic acids is 1. The molecule has 180 valence electrons. The van der Waals surface area contributed by atoms with E-state index in [1.54, 1.807) is 30.3 Å². The average molecular weight is 621 g/mol.